The van der Waals surface area contributed by atoms with Crippen molar-refractivity contribution in [3.8, 4) is 5.75 Å². The number of aliphatic imine (C=N–C) groups is 1. The van der Waals surface area contributed by atoms with Gasteiger partial charge in [0.15, 0.2) is 0 Å². The highest BCUT2D eigenvalue weighted by Crippen LogP contribution is 2.63. The van der Waals surface area contributed by atoms with Gasteiger partial charge in [-0.05, 0) is 54.7 Å². The van der Waals surface area contributed by atoms with Crippen molar-refractivity contribution < 1.29 is 28.6 Å². The topological polar surface area (TPSA) is 112 Å². The Morgan fingerprint density at radius 3 is 2.67 bits per heavy atom. The molecule has 6 rings (SSSR count). The van der Waals surface area contributed by atoms with Gasteiger partial charge in [0, 0.05) is 29.8 Å². The van der Waals surface area contributed by atoms with Gasteiger partial charge in [-0.15, -0.1) is 0 Å². The van der Waals surface area contributed by atoms with E-state index in [9.17, 15) is 19.5 Å². The first-order valence-electron chi connectivity index (χ1n) is 14.3. The summed E-state index contributed by atoms with van der Waals surface area (Å²) in [7, 11) is 1.41. The van der Waals surface area contributed by atoms with Gasteiger partial charge >= 0.3 is 5.97 Å². The summed E-state index contributed by atoms with van der Waals surface area (Å²) in [5, 5.41) is 12.6. The average Bonchev–Trinajstić information content (AvgIpc) is 3.52. The van der Waals surface area contributed by atoms with Gasteiger partial charge in [0.1, 0.15) is 11.6 Å². The van der Waals surface area contributed by atoms with Crippen LogP contribution in [-0.4, -0.2) is 65.9 Å². The standard InChI is InChI=1S/C32H34ClFN4O5/c1-16-11-21-19(14-35-16)32(30(42)36-21)24(13-31(2,3)4)38-15-37(22-10-9-17(29(40)41)12-23(22)43-5)28(39)27(38)25(32)18-7-6-8-20(33)26(18)34/h6-12,14,19,21,24-25,27H,13,15H2,1-5H3,(H,36,42)(H,40,41)/t19?,21?,24-,25-,27+,32+/m0/s1. The number of aromatic carboxylic acids is 1. The van der Waals surface area contributed by atoms with Crippen molar-refractivity contribution in [2.24, 2.45) is 21.7 Å². The quantitative estimate of drug-likeness (QED) is 0.502. The number of nitrogens with zero attached hydrogens (tertiary/aromatic N) is 3. The van der Waals surface area contributed by atoms with Crippen molar-refractivity contribution >= 4 is 41.3 Å². The summed E-state index contributed by atoms with van der Waals surface area (Å²) in [6, 6.07) is 7.31. The molecular formula is C32H34ClFN4O5. The number of nitrogens with one attached hydrogen (secondary N) is 1. The van der Waals surface area contributed by atoms with E-state index < -0.39 is 41.1 Å². The summed E-state index contributed by atoms with van der Waals surface area (Å²) >= 11 is 6.32. The monoisotopic (exact) mass is 608 g/mol. The Morgan fingerprint density at radius 1 is 1.26 bits per heavy atom. The number of carbonyl (C=O) groups is 3. The number of methoxy groups -OCH3 is 1. The van der Waals surface area contributed by atoms with E-state index in [0.29, 0.717) is 12.1 Å². The van der Waals surface area contributed by atoms with Gasteiger partial charge in [0.25, 0.3) is 0 Å². The van der Waals surface area contributed by atoms with Crippen molar-refractivity contribution in [1.29, 1.82) is 0 Å². The third kappa shape index (κ3) is 4.37. The van der Waals surface area contributed by atoms with Crippen LogP contribution < -0.4 is 15.0 Å². The third-order valence-corrected chi connectivity index (χ3v) is 9.58. The summed E-state index contributed by atoms with van der Waals surface area (Å²) in [6.07, 6.45) is 4.25. The minimum Gasteiger partial charge on any atom is -0.495 e. The number of fused-ring (bicyclic) bond motifs is 3. The molecule has 3 saturated heterocycles. The SMILES string of the molecule is COc1cc(C(=O)O)ccc1N1CN2[C@@H](CC(C)(C)C)[C@@]3(C(=O)NC4C=C(C)N=CC43)[C@@H](c3cccc(Cl)c3F)[C@@H]2C1=O. The van der Waals surface area contributed by atoms with Crippen molar-refractivity contribution in [2.45, 2.75) is 58.2 Å². The van der Waals surface area contributed by atoms with Crippen LogP contribution in [0.3, 0.4) is 0 Å². The number of hydrogen-bond acceptors (Lipinski definition) is 6. The highest BCUT2D eigenvalue weighted by atomic mass is 35.5. The zero-order valence-electron chi connectivity index (χ0n) is 24.6. The molecule has 226 valence electrons. The van der Waals surface area contributed by atoms with E-state index in [1.807, 2.05) is 17.9 Å². The Hall–Kier alpha value is -3.76. The number of ether oxygens (including phenoxy) is 1. The smallest absolute Gasteiger partial charge is 0.335 e. The van der Waals surface area contributed by atoms with E-state index in [2.05, 4.69) is 31.1 Å². The van der Waals surface area contributed by atoms with Gasteiger partial charge in [-0.25, -0.2) is 9.18 Å². The molecule has 2 unspecified atom stereocenters. The van der Waals surface area contributed by atoms with E-state index in [1.165, 1.54) is 30.2 Å². The molecule has 4 heterocycles. The van der Waals surface area contributed by atoms with Crippen LogP contribution in [0.5, 0.6) is 5.75 Å². The van der Waals surface area contributed by atoms with E-state index in [0.717, 1.165) is 5.70 Å². The first-order valence-corrected chi connectivity index (χ1v) is 14.6. The maximum atomic E-state index is 16.1. The van der Waals surface area contributed by atoms with Crippen LogP contribution >= 0.6 is 11.6 Å². The predicted octanol–water partition coefficient (Wildman–Crippen LogP) is 4.85. The molecule has 9 nitrogen and oxygen atoms in total. The number of allylic oxidation sites excluding steroid dienone is 1. The highest BCUT2D eigenvalue weighted by Gasteiger charge is 2.74. The Bertz CT molecular complexity index is 1600. The predicted molar refractivity (Wildman–Crippen MR) is 160 cm³/mol. The number of carboxylic acid groups (broad SMARTS) is 1. The fourth-order valence-corrected chi connectivity index (χ4v) is 7.86. The molecule has 43 heavy (non-hydrogen) atoms. The first-order chi connectivity index (χ1) is 20.3. The number of rotatable bonds is 5. The molecule has 0 aliphatic carbocycles. The molecule has 11 heteroatoms. The Kier molecular flexibility index (Phi) is 6.93. The second-order valence-electron chi connectivity index (χ2n) is 13.0. The Morgan fingerprint density at radius 2 is 2.00 bits per heavy atom. The molecule has 4 aliphatic heterocycles. The molecule has 3 fully saturated rings. The largest absolute Gasteiger partial charge is 0.495 e. The molecule has 1 spiro atoms. The fourth-order valence-electron chi connectivity index (χ4n) is 7.67. The molecule has 2 aromatic rings. The van der Waals surface area contributed by atoms with Crippen LogP contribution in [0.1, 0.15) is 56.0 Å². The Labute approximate surface area is 254 Å². The molecule has 2 N–H and O–H groups in total. The molecule has 0 radical (unpaired) electrons. The van der Waals surface area contributed by atoms with Gasteiger partial charge in [-0.3, -0.25) is 24.4 Å². The lowest BCUT2D eigenvalue weighted by atomic mass is 9.59. The van der Waals surface area contributed by atoms with E-state index >= 15 is 4.39 Å². The summed E-state index contributed by atoms with van der Waals surface area (Å²) in [6.45, 7) is 8.20. The maximum absolute atomic E-state index is 16.1. The second kappa shape index (κ2) is 10.2. The van der Waals surface area contributed by atoms with Crippen LogP contribution in [0.4, 0.5) is 10.1 Å². The maximum Gasteiger partial charge on any atom is 0.335 e. The zero-order chi connectivity index (χ0) is 31.0. The fraction of sp³-hybridized carbons (Fsp3) is 0.438. The molecular weight excluding hydrogens is 575 g/mol. The summed E-state index contributed by atoms with van der Waals surface area (Å²) in [5.74, 6) is -3.46. The zero-order valence-corrected chi connectivity index (χ0v) is 25.4. The average molecular weight is 609 g/mol. The first kappa shape index (κ1) is 29.3. The number of carbonyl (C=O) groups excluding carboxylic acids is 2. The van der Waals surface area contributed by atoms with E-state index in [1.54, 1.807) is 24.4 Å². The van der Waals surface area contributed by atoms with Crippen LogP contribution in [0.2, 0.25) is 5.02 Å². The number of amides is 2. The molecule has 0 saturated carbocycles. The minimum atomic E-state index is -1.23. The van der Waals surface area contributed by atoms with Gasteiger partial charge in [-0.2, -0.15) is 0 Å². The van der Waals surface area contributed by atoms with Gasteiger partial charge in [0.05, 0.1) is 47.6 Å². The van der Waals surface area contributed by atoms with Gasteiger partial charge < -0.3 is 15.2 Å². The van der Waals surface area contributed by atoms with Crippen LogP contribution in [0, 0.1) is 22.6 Å². The van der Waals surface area contributed by atoms with Crippen molar-refractivity contribution in [3.63, 3.8) is 0 Å². The van der Waals surface area contributed by atoms with Crippen LogP contribution in [-0.2, 0) is 9.59 Å². The van der Waals surface area contributed by atoms with E-state index in [4.69, 9.17) is 16.3 Å². The number of halogens is 2. The van der Waals surface area contributed by atoms with Gasteiger partial charge in [0.2, 0.25) is 11.8 Å². The molecule has 2 amide bonds. The number of carboxylic acids is 1. The van der Waals surface area contributed by atoms with Crippen molar-refractivity contribution in [1.82, 2.24) is 10.2 Å². The third-order valence-electron chi connectivity index (χ3n) is 9.29. The molecule has 4 aliphatic rings. The second-order valence-corrected chi connectivity index (χ2v) is 13.4. The summed E-state index contributed by atoms with van der Waals surface area (Å²) in [5.41, 5.74) is -0.102. The number of benzene rings is 2. The normalized spacial score (nSPS) is 30.0. The summed E-state index contributed by atoms with van der Waals surface area (Å²) in [4.78, 5) is 48.8. The Balaban J connectivity index is 1.57. The number of hydrogen-bond donors (Lipinski definition) is 2. The lowest BCUT2D eigenvalue weighted by Gasteiger charge is -2.43. The van der Waals surface area contributed by atoms with Crippen LogP contribution in [0.25, 0.3) is 0 Å². The lowest BCUT2D eigenvalue weighted by Crippen LogP contribution is -2.53. The summed E-state index contributed by atoms with van der Waals surface area (Å²) < 4.78 is 21.6. The van der Waals surface area contributed by atoms with Crippen molar-refractivity contribution in [2.75, 3.05) is 18.7 Å². The number of anilines is 1. The van der Waals surface area contributed by atoms with Crippen molar-refractivity contribution in [3.05, 3.63) is 70.1 Å². The lowest BCUT2D eigenvalue weighted by molar-refractivity contribution is -0.131. The van der Waals surface area contributed by atoms with E-state index in [-0.39, 0.29) is 51.8 Å². The highest BCUT2D eigenvalue weighted by molar-refractivity contribution is 6.30. The molecule has 6 atom stereocenters. The molecule has 0 bridgehead atoms. The molecule has 2 aromatic carbocycles. The van der Waals surface area contributed by atoms with Gasteiger partial charge in [-0.1, -0.05) is 44.5 Å². The molecule has 0 aromatic heterocycles. The minimum absolute atomic E-state index is 0.0183. The van der Waals surface area contributed by atoms with Crippen LogP contribution in [0.15, 0.2) is 53.2 Å².